The Bertz CT molecular complexity index is 798. The molecule has 2 aliphatic rings. The number of aromatic nitrogens is 1. The molecule has 2 saturated heterocycles. The van der Waals surface area contributed by atoms with Crippen LogP contribution in [0.4, 0.5) is 4.79 Å². The molecule has 2 aromatic rings. The first-order valence-corrected chi connectivity index (χ1v) is 8.37. The van der Waals surface area contributed by atoms with E-state index in [0.717, 1.165) is 23.9 Å². The zero-order chi connectivity index (χ0) is 16.7. The summed E-state index contributed by atoms with van der Waals surface area (Å²) in [6, 6.07) is 4.65. The summed E-state index contributed by atoms with van der Waals surface area (Å²) in [5.74, 6) is 0.864. The smallest absolute Gasteiger partial charge is 0.315 e. The van der Waals surface area contributed by atoms with Crippen LogP contribution in [0.5, 0.6) is 0 Å². The van der Waals surface area contributed by atoms with E-state index in [1.807, 2.05) is 6.07 Å². The number of oxazole rings is 1. The largest absolute Gasteiger partial charge is 0.440 e. The number of carbonyl (C=O) groups excluding carboxylic acids is 2. The van der Waals surface area contributed by atoms with Gasteiger partial charge in [-0.05, 0) is 31.0 Å². The minimum absolute atomic E-state index is 0.0313. The molecule has 1 aromatic carbocycles. The number of amides is 3. The standard InChI is InChI=1S/C16H17ClN4O3/c17-10-1-2-13-11(7-10)19-14(24-13)9-3-5-21(6-4-9)15(22)12-8-18-16(23)20-12/h1-2,7,9,12H,3-6,8H2,(H2,18,20,23). The van der Waals surface area contributed by atoms with Gasteiger partial charge < -0.3 is 20.0 Å². The Kier molecular flexibility index (Phi) is 3.80. The van der Waals surface area contributed by atoms with Crippen LogP contribution in [0.1, 0.15) is 24.7 Å². The first kappa shape index (κ1) is 15.3. The number of hydrogen-bond donors (Lipinski definition) is 2. The molecule has 2 fully saturated rings. The van der Waals surface area contributed by atoms with Gasteiger partial charge in [0.15, 0.2) is 11.5 Å². The van der Waals surface area contributed by atoms with Crippen molar-refractivity contribution < 1.29 is 14.0 Å². The zero-order valence-corrected chi connectivity index (χ0v) is 13.7. The predicted molar refractivity (Wildman–Crippen MR) is 87.9 cm³/mol. The number of carbonyl (C=O) groups is 2. The zero-order valence-electron chi connectivity index (χ0n) is 12.9. The summed E-state index contributed by atoms with van der Waals surface area (Å²) in [6.07, 6.45) is 1.58. The molecule has 0 radical (unpaired) electrons. The molecule has 1 aromatic heterocycles. The molecule has 24 heavy (non-hydrogen) atoms. The second-order valence-corrected chi connectivity index (χ2v) is 6.61. The van der Waals surface area contributed by atoms with Gasteiger partial charge in [0.05, 0.1) is 0 Å². The molecule has 1 unspecified atom stereocenters. The Morgan fingerprint density at radius 2 is 2.12 bits per heavy atom. The lowest BCUT2D eigenvalue weighted by molar-refractivity contribution is -0.133. The number of piperidine rings is 1. The van der Waals surface area contributed by atoms with E-state index in [0.29, 0.717) is 30.5 Å². The highest BCUT2D eigenvalue weighted by molar-refractivity contribution is 6.31. The van der Waals surface area contributed by atoms with Crippen molar-refractivity contribution in [1.29, 1.82) is 0 Å². The van der Waals surface area contributed by atoms with Gasteiger partial charge in [0.2, 0.25) is 5.91 Å². The third-order valence-electron chi connectivity index (χ3n) is 4.59. The Morgan fingerprint density at radius 3 is 2.83 bits per heavy atom. The number of likely N-dealkylation sites (tertiary alicyclic amines) is 1. The van der Waals surface area contributed by atoms with Crippen molar-refractivity contribution in [2.24, 2.45) is 0 Å². The number of nitrogens with zero attached hydrogens (tertiary/aromatic N) is 2. The normalized spacial score (nSPS) is 21.8. The third kappa shape index (κ3) is 2.80. The fourth-order valence-corrected chi connectivity index (χ4v) is 3.43. The van der Waals surface area contributed by atoms with E-state index < -0.39 is 6.04 Å². The molecule has 0 spiro atoms. The first-order valence-electron chi connectivity index (χ1n) is 7.99. The van der Waals surface area contributed by atoms with Crippen LogP contribution in [0.2, 0.25) is 5.02 Å². The summed E-state index contributed by atoms with van der Waals surface area (Å²) in [4.78, 5) is 29.9. The second-order valence-electron chi connectivity index (χ2n) is 6.17. The molecule has 0 bridgehead atoms. The van der Waals surface area contributed by atoms with Crippen LogP contribution in [0.25, 0.3) is 11.1 Å². The number of hydrogen-bond acceptors (Lipinski definition) is 4. The van der Waals surface area contributed by atoms with E-state index in [2.05, 4.69) is 15.6 Å². The Balaban J connectivity index is 1.41. The SMILES string of the molecule is O=C1NCC(C(=O)N2CCC(c3nc4cc(Cl)ccc4o3)CC2)N1. The van der Waals surface area contributed by atoms with Crippen molar-refractivity contribution in [3.05, 3.63) is 29.1 Å². The van der Waals surface area contributed by atoms with Gasteiger partial charge in [0.1, 0.15) is 11.6 Å². The van der Waals surface area contributed by atoms with E-state index in [1.165, 1.54) is 0 Å². The highest BCUT2D eigenvalue weighted by atomic mass is 35.5. The van der Waals surface area contributed by atoms with Crippen LogP contribution in [0, 0.1) is 0 Å². The molecule has 8 heteroatoms. The lowest BCUT2D eigenvalue weighted by Crippen LogP contribution is -2.48. The van der Waals surface area contributed by atoms with Crippen LogP contribution >= 0.6 is 11.6 Å². The van der Waals surface area contributed by atoms with E-state index in [4.69, 9.17) is 16.0 Å². The monoisotopic (exact) mass is 348 g/mol. The maximum absolute atomic E-state index is 12.4. The van der Waals surface area contributed by atoms with Gasteiger partial charge in [-0.2, -0.15) is 0 Å². The molecule has 2 aliphatic heterocycles. The lowest BCUT2D eigenvalue weighted by atomic mass is 9.96. The number of urea groups is 1. The fourth-order valence-electron chi connectivity index (χ4n) is 3.26. The van der Waals surface area contributed by atoms with Gasteiger partial charge >= 0.3 is 6.03 Å². The van der Waals surface area contributed by atoms with E-state index >= 15 is 0 Å². The minimum Gasteiger partial charge on any atom is -0.440 e. The molecule has 3 amide bonds. The van der Waals surface area contributed by atoms with Gasteiger partial charge in [-0.3, -0.25) is 4.79 Å². The molecule has 0 aliphatic carbocycles. The number of rotatable bonds is 2. The average molecular weight is 349 g/mol. The summed E-state index contributed by atoms with van der Waals surface area (Å²) < 4.78 is 5.83. The fraction of sp³-hybridized carbons (Fsp3) is 0.438. The molecule has 0 saturated carbocycles. The van der Waals surface area contributed by atoms with E-state index in [1.54, 1.807) is 17.0 Å². The number of halogens is 1. The summed E-state index contributed by atoms with van der Waals surface area (Å²) in [5, 5.41) is 5.88. The number of benzene rings is 1. The quantitative estimate of drug-likeness (QED) is 0.867. The van der Waals surface area contributed by atoms with Crippen LogP contribution in [0.3, 0.4) is 0 Å². The first-order chi connectivity index (χ1) is 11.6. The van der Waals surface area contributed by atoms with Gasteiger partial charge in [0, 0.05) is 30.6 Å². The van der Waals surface area contributed by atoms with Crippen LogP contribution in [-0.4, -0.2) is 47.5 Å². The van der Waals surface area contributed by atoms with Gasteiger partial charge in [-0.15, -0.1) is 0 Å². The minimum atomic E-state index is -0.458. The van der Waals surface area contributed by atoms with E-state index in [-0.39, 0.29) is 17.9 Å². The van der Waals surface area contributed by atoms with Crippen molar-refractivity contribution >= 4 is 34.6 Å². The molecular weight excluding hydrogens is 332 g/mol. The third-order valence-corrected chi connectivity index (χ3v) is 4.83. The number of nitrogens with one attached hydrogen (secondary N) is 2. The van der Waals surface area contributed by atoms with Gasteiger partial charge in [-0.1, -0.05) is 11.6 Å². The van der Waals surface area contributed by atoms with E-state index in [9.17, 15) is 9.59 Å². The predicted octanol–water partition coefficient (Wildman–Crippen LogP) is 1.87. The van der Waals surface area contributed by atoms with Crippen LogP contribution in [0.15, 0.2) is 22.6 Å². The molecule has 4 rings (SSSR count). The number of fused-ring (bicyclic) bond motifs is 1. The summed E-state index contributed by atoms with van der Waals surface area (Å²) in [7, 11) is 0. The second kappa shape index (κ2) is 5.98. The summed E-state index contributed by atoms with van der Waals surface area (Å²) in [6.45, 7) is 1.62. The lowest BCUT2D eigenvalue weighted by Gasteiger charge is -2.32. The van der Waals surface area contributed by atoms with Crippen LogP contribution < -0.4 is 10.6 Å². The topological polar surface area (TPSA) is 87.5 Å². The van der Waals surface area contributed by atoms with Crippen LogP contribution in [-0.2, 0) is 4.79 Å². The van der Waals surface area contributed by atoms with Crippen molar-refractivity contribution in [1.82, 2.24) is 20.5 Å². The van der Waals surface area contributed by atoms with Crippen molar-refractivity contribution in [3.63, 3.8) is 0 Å². The van der Waals surface area contributed by atoms with Gasteiger partial charge in [-0.25, -0.2) is 9.78 Å². The van der Waals surface area contributed by atoms with Crippen molar-refractivity contribution in [2.45, 2.75) is 24.8 Å². The van der Waals surface area contributed by atoms with Crippen molar-refractivity contribution in [3.8, 4) is 0 Å². The highest BCUT2D eigenvalue weighted by Gasteiger charge is 2.33. The van der Waals surface area contributed by atoms with Gasteiger partial charge in [0.25, 0.3) is 0 Å². The molecule has 1 atom stereocenters. The average Bonchev–Trinajstić information content (AvgIpc) is 3.20. The Hall–Kier alpha value is -2.28. The van der Waals surface area contributed by atoms with Crippen molar-refractivity contribution in [2.75, 3.05) is 19.6 Å². The molecule has 126 valence electrons. The summed E-state index contributed by atoms with van der Waals surface area (Å²) >= 11 is 5.98. The molecule has 7 nitrogen and oxygen atoms in total. The molecule has 2 N–H and O–H groups in total. The summed E-state index contributed by atoms with van der Waals surface area (Å²) in [5.41, 5.74) is 1.49. The Morgan fingerprint density at radius 1 is 1.33 bits per heavy atom. The maximum Gasteiger partial charge on any atom is 0.315 e. The Labute approximate surface area is 143 Å². The maximum atomic E-state index is 12.4. The molecule has 3 heterocycles. The highest BCUT2D eigenvalue weighted by Crippen LogP contribution is 2.31. The molecular formula is C16H17ClN4O3.